The molecule has 0 aliphatic carbocycles. The van der Waals surface area contributed by atoms with Crippen LogP contribution in [0, 0.1) is 17.7 Å². The molecule has 2 unspecified atom stereocenters. The number of benzene rings is 1. The highest BCUT2D eigenvalue weighted by Gasteiger charge is 2.32. The van der Waals surface area contributed by atoms with Crippen molar-refractivity contribution >= 4 is 28.5 Å². The number of nitrogens with zero attached hydrogens (tertiary/aromatic N) is 2. The van der Waals surface area contributed by atoms with Crippen molar-refractivity contribution in [1.82, 2.24) is 9.88 Å². The maximum Gasteiger partial charge on any atom is 0.323 e. The van der Waals surface area contributed by atoms with Gasteiger partial charge in [-0.25, -0.2) is 14.2 Å². The summed E-state index contributed by atoms with van der Waals surface area (Å²) in [6.45, 7) is 2.67. The highest BCUT2D eigenvalue weighted by molar-refractivity contribution is 7.15. The summed E-state index contributed by atoms with van der Waals surface area (Å²) in [5.41, 5.74) is 0.834. The quantitative estimate of drug-likeness (QED) is 0.855. The van der Waals surface area contributed by atoms with Crippen molar-refractivity contribution in [2.24, 2.45) is 11.8 Å². The van der Waals surface area contributed by atoms with Gasteiger partial charge in [-0.2, -0.15) is 0 Å². The van der Waals surface area contributed by atoms with Crippen LogP contribution in [-0.4, -0.2) is 40.1 Å². The summed E-state index contributed by atoms with van der Waals surface area (Å²) in [4.78, 5) is 30.3. The average molecular weight is 377 g/mol. The zero-order valence-corrected chi connectivity index (χ0v) is 15.1. The Labute approximate surface area is 154 Å². The number of hydrogen-bond donors (Lipinski definition) is 2. The van der Waals surface area contributed by atoms with Crippen molar-refractivity contribution in [2.45, 2.75) is 19.8 Å². The van der Waals surface area contributed by atoms with Crippen molar-refractivity contribution in [2.75, 3.05) is 18.4 Å². The number of hydrogen-bond acceptors (Lipinski definition) is 4. The first-order valence-corrected chi connectivity index (χ1v) is 9.20. The van der Waals surface area contributed by atoms with E-state index in [1.807, 2.05) is 13.0 Å². The molecule has 138 valence electrons. The summed E-state index contributed by atoms with van der Waals surface area (Å²) in [6.07, 6.45) is 2.77. The number of carbonyl (C=O) groups excluding carboxylic acids is 1. The summed E-state index contributed by atoms with van der Waals surface area (Å²) in [5.74, 6) is -1.56. The van der Waals surface area contributed by atoms with Gasteiger partial charge in [-0.1, -0.05) is 19.1 Å². The predicted octanol–water partition coefficient (Wildman–Crippen LogP) is 3.45. The molecule has 2 amide bonds. The Morgan fingerprint density at radius 2 is 2.23 bits per heavy atom. The number of nitrogens with one attached hydrogen (secondary N) is 1. The smallest absolute Gasteiger partial charge is 0.323 e. The summed E-state index contributed by atoms with van der Waals surface area (Å²) in [6, 6.07) is 6.02. The van der Waals surface area contributed by atoms with E-state index in [-0.39, 0.29) is 24.3 Å². The third-order valence-corrected chi connectivity index (χ3v) is 5.24. The van der Waals surface area contributed by atoms with Crippen LogP contribution in [0.2, 0.25) is 0 Å². The third-order valence-electron chi connectivity index (χ3n) is 4.33. The van der Waals surface area contributed by atoms with Gasteiger partial charge in [0, 0.05) is 30.6 Å². The van der Waals surface area contributed by atoms with Crippen LogP contribution < -0.4 is 5.32 Å². The first kappa shape index (κ1) is 18.3. The first-order chi connectivity index (χ1) is 12.4. The van der Waals surface area contributed by atoms with E-state index in [1.165, 1.54) is 28.4 Å². The molecule has 1 aromatic heterocycles. The lowest BCUT2D eigenvalue weighted by Gasteiger charge is -2.34. The number of amides is 2. The SMILES string of the molecule is CC1CC(C(=O)O)CN(C(=O)Nc2ncc(Cc3cccc(F)c3)s2)C1. The van der Waals surface area contributed by atoms with Crippen molar-refractivity contribution in [1.29, 1.82) is 0 Å². The molecule has 6 nitrogen and oxygen atoms in total. The van der Waals surface area contributed by atoms with Gasteiger partial charge in [0.15, 0.2) is 5.13 Å². The van der Waals surface area contributed by atoms with Gasteiger partial charge in [0.2, 0.25) is 0 Å². The fraction of sp³-hybridized carbons (Fsp3) is 0.389. The topological polar surface area (TPSA) is 82.5 Å². The Hall–Kier alpha value is -2.48. The fourth-order valence-electron chi connectivity index (χ4n) is 3.16. The number of rotatable bonds is 4. The van der Waals surface area contributed by atoms with E-state index in [4.69, 9.17) is 0 Å². The Bertz CT molecular complexity index is 810. The molecule has 8 heteroatoms. The average Bonchev–Trinajstić information content (AvgIpc) is 3.01. The van der Waals surface area contributed by atoms with Crippen molar-refractivity contribution in [3.05, 3.63) is 46.7 Å². The van der Waals surface area contributed by atoms with E-state index in [0.29, 0.717) is 24.5 Å². The Morgan fingerprint density at radius 1 is 1.42 bits per heavy atom. The lowest BCUT2D eigenvalue weighted by molar-refractivity contribution is -0.143. The molecule has 0 saturated carbocycles. The molecule has 1 aromatic carbocycles. The Kier molecular flexibility index (Phi) is 5.51. The van der Waals surface area contributed by atoms with Crippen LogP contribution in [0.25, 0.3) is 0 Å². The lowest BCUT2D eigenvalue weighted by Crippen LogP contribution is -2.47. The summed E-state index contributed by atoms with van der Waals surface area (Å²) < 4.78 is 13.3. The van der Waals surface area contributed by atoms with E-state index >= 15 is 0 Å². The molecule has 26 heavy (non-hydrogen) atoms. The molecular weight excluding hydrogens is 357 g/mol. The highest BCUT2D eigenvalue weighted by atomic mass is 32.1. The zero-order chi connectivity index (χ0) is 18.7. The standard InChI is InChI=1S/C18H20FN3O3S/c1-11-5-13(16(23)24)10-22(9-11)18(25)21-17-20-8-15(26-17)7-12-3-2-4-14(19)6-12/h2-4,6,8,11,13H,5,7,9-10H2,1H3,(H,23,24)(H,20,21,25). The van der Waals surface area contributed by atoms with E-state index in [9.17, 15) is 19.1 Å². The molecule has 1 fully saturated rings. The molecule has 0 spiro atoms. The minimum atomic E-state index is -0.874. The van der Waals surface area contributed by atoms with Gasteiger partial charge in [-0.15, -0.1) is 11.3 Å². The third kappa shape index (κ3) is 4.57. The minimum absolute atomic E-state index is 0.135. The molecule has 1 aliphatic heterocycles. The molecule has 2 N–H and O–H groups in total. The molecule has 1 aliphatic rings. The van der Waals surface area contributed by atoms with Gasteiger partial charge in [0.1, 0.15) is 5.82 Å². The number of anilines is 1. The van der Waals surface area contributed by atoms with Crippen LogP contribution in [0.15, 0.2) is 30.5 Å². The van der Waals surface area contributed by atoms with Gasteiger partial charge in [0.25, 0.3) is 0 Å². The van der Waals surface area contributed by atoms with E-state index in [2.05, 4.69) is 10.3 Å². The van der Waals surface area contributed by atoms with Crippen LogP contribution in [0.5, 0.6) is 0 Å². The number of aromatic nitrogens is 1. The van der Waals surface area contributed by atoms with Crippen LogP contribution in [0.3, 0.4) is 0 Å². The molecule has 2 heterocycles. The van der Waals surface area contributed by atoms with Crippen molar-refractivity contribution in [3.8, 4) is 0 Å². The van der Waals surface area contributed by atoms with E-state index in [1.54, 1.807) is 12.3 Å². The van der Waals surface area contributed by atoms with Gasteiger partial charge in [-0.05, 0) is 30.0 Å². The second-order valence-electron chi connectivity index (χ2n) is 6.65. The van der Waals surface area contributed by atoms with Crippen LogP contribution >= 0.6 is 11.3 Å². The van der Waals surface area contributed by atoms with Crippen LogP contribution in [-0.2, 0) is 11.2 Å². The van der Waals surface area contributed by atoms with Gasteiger partial charge in [0.05, 0.1) is 5.92 Å². The normalized spacial score (nSPS) is 20.0. The summed E-state index contributed by atoms with van der Waals surface area (Å²) >= 11 is 1.33. The predicted molar refractivity (Wildman–Crippen MR) is 96.8 cm³/mol. The second kappa shape index (κ2) is 7.82. The van der Waals surface area contributed by atoms with Crippen LogP contribution in [0.4, 0.5) is 14.3 Å². The number of halogens is 1. The number of carboxylic acids is 1. The first-order valence-electron chi connectivity index (χ1n) is 8.38. The zero-order valence-electron chi connectivity index (χ0n) is 14.3. The molecule has 2 aromatic rings. The number of carbonyl (C=O) groups is 2. The number of likely N-dealkylation sites (tertiary alicyclic amines) is 1. The maximum atomic E-state index is 13.3. The monoisotopic (exact) mass is 377 g/mol. The molecule has 0 bridgehead atoms. The number of urea groups is 1. The number of carboxylic acid groups (broad SMARTS) is 1. The Balaban J connectivity index is 1.61. The molecule has 1 saturated heterocycles. The highest BCUT2D eigenvalue weighted by Crippen LogP contribution is 2.25. The van der Waals surface area contributed by atoms with Gasteiger partial charge < -0.3 is 10.0 Å². The molecule has 2 atom stereocenters. The maximum absolute atomic E-state index is 13.3. The summed E-state index contributed by atoms with van der Waals surface area (Å²) in [5, 5.41) is 12.4. The minimum Gasteiger partial charge on any atom is -0.481 e. The molecule has 0 radical (unpaired) electrons. The molecular formula is C18H20FN3O3S. The van der Waals surface area contributed by atoms with E-state index < -0.39 is 11.9 Å². The van der Waals surface area contributed by atoms with Crippen LogP contribution in [0.1, 0.15) is 23.8 Å². The van der Waals surface area contributed by atoms with Gasteiger partial charge >= 0.3 is 12.0 Å². The molecule has 3 rings (SSSR count). The number of thiazole rings is 1. The second-order valence-corrected chi connectivity index (χ2v) is 7.76. The fourth-order valence-corrected chi connectivity index (χ4v) is 4.00. The van der Waals surface area contributed by atoms with Gasteiger partial charge in [-0.3, -0.25) is 10.1 Å². The number of piperidine rings is 1. The van der Waals surface area contributed by atoms with Crippen molar-refractivity contribution in [3.63, 3.8) is 0 Å². The Morgan fingerprint density at radius 3 is 2.96 bits per heavy atom. The summed E-state index contributed by atoms with van der Waals surface area (Å²) in [7, 11) is 0. The van der Waals surface area contributed by atoms with E-state index in [0.717, 1.165) is 10.4 Å². The largest absolute Gasteiger partial charge is 0.481 e. The lowest BCUT2D eigenvalue weighted by atomic mass is 9.91. The van der Waals surface area contributed by atoms with Crippen molar-refractivity contribution < 1.29 is 19.1 Å². The number of aliphatic carboxylic acids is 1.